The van der Waals surface area contributed by atoms with E-state index in [0.717, 1.165) is 13.1 Å². The van der Waals surface area contributed by atoms with Gasteiger partial charge in [-0.3, -0.25) is 9.58 Å². The Balaban J connectivity index is 1.58. The van der Waals surface area contributed by atoms with Gasteiger partial charge in [0.15, 0.2) is 0 Å². The second-order valence-electron chi connectivity index (χ2n) is 5.91. The average Bonchev–Trinajstić information content (AvgIpc) is 2.99. The van der Waals surface area contributed by atoms with Gasteiger partial charge in [0.05, 0.1) is 6.20 Å². The third-order valence-electron chi connectivity index (χ3n) is 4.60. The van der Waals surface area contributed by atoms with Crippen LogP contribution in [0.5, 0.6) is 0 Å². The van der Waals surface area contributed by atoms with E-state index in [4.69, 9.17) is 0 Å². The van der Waals surface area contributed by atoms with Crippen molar-refractivity contribution in [2.75, 3.05) is 26.2 Å². The Morgan fingerprint density at radius 3 is 2.89 bits per heavy atom. The standard InChI is InChI=1S/C14H24N4/c1-2-18-11-13(9-16-18)10-17-8-5-14(12-17)3-6-15-7-4-14/h9,11,15H,2-8,10,12H2,1H3. The molecule has 0 aromatic carbocycles. The number of aromatic nitrogens is 2. The summed E-state index contributed by atoms with van der Waals surface area (Å²) in [4.78, 5) is 2.61. The first kappa shape index (κ1) is 12.2. The molecule has 1 aromatic heterocycles. The van der Waals surface area contributed by atoms with Crippen LogP contribution >= 0.6 is 0 Å². The molecule has 3 heterocycles. The highest BCUT2D eigenvalue weighted by molar-refractivity contribution is 5.05. The molecule has 1 aromatic rings. The molecular formula is C14H24N4. The zero-order valence-corrected chi connectivity index (χ0v) is 11.4. The highest BCUT2D eigenvalue weighted by Gasteiger charge is 2.38. The Morgan fingerprint density at radius 2 is 2.17 bits per heavy atom. The van der Waals surface area contributed by atoms with Gasteiger partial charge in [0, 0.05) is 31.4 Å². The highest BCUT2D eigenvalue weighted by Crippen LogP contribution is 2.38. The van der Waals surface area contributed by atoms with Gasteiger partial charge in [-0.05, 0) is 51.2 Å². The molecule has 3 rings (SSSR count). The lowest BCUT2D eigenvalue weighted by Crippen LogP contribution is -2.38. The SMILES string of the molecule is CCn1cc(CN2CCC3(CCNCC3)C2)cn1. The maximum atomic E-state index is 4.36. The average molecular weight is 248 g/mol. The number of rotatable bonds is 3. The summed E-state index contributed by atoms with van der Waals surface area (Å²) < 4.78 is 2.02. The van der Waals surface area contributed by atoms with E-state index in [-0.39, 0.29) is 0 Å². The number of nitrogens with zero attached hydrogens (tertiary/aromatic N) is 3. The molecule has 0 radical (unpaired) electrons. The van der Waals surface area contributed by atoms with Crippen molar-refractivity contribution in [2.45, 2.75) is 39.3 Å². The molecular weight excluding hydrogens is 224 g/mol. The maximum Gasteiger partial charge on any atom is 0.0534 e. The lowest BCUT2D eigenvalue weighted by Gasteiger charge is -2.33. The van der Waals surface area contributed by atoms with Gasteiger partial charge < -0.3 is 5.32 Å². The van der Waals surface area contributed by atoms with Crippen LogP contribution in [0.15, 0.2) is 12.4 Å². The Hall–Kier alpha value is -0.870. The first-order valence-corrected chi connectivity index (χ1v) is 7.24. The van der Waals surface area contributed by atoms with Crippen LogP contribution in [0.1, 0.15) is 31.7 Å². The number of piperidine rings is 1. The monoisotopic (exact) mass is 248 g/mol. The van der Waals surface area contributed by atoms with Gasteiger partial charge in [-0.25, -0.2) is 0 Å². The lowest BCUT2D eigenvalue weighted by atomic mass is 9.78. The molecule has 1 N–H and O–H groups in total. The van der Waals surface area contributed by atoms with Gasteiger partial charge in [0.2, 0.25) is 0 Å². The van der Waals surface area contributed by atoms with E-state index < -0.39 is 0 Å². The Labute approximate surface area is 109 Å². The van der Waals surface area contributed by atoms with Crippen LogP contribution < -0.4 is 5.32 Å². The fourth-order valence-electron chi connectivity index (χ4n) is 3.45. The molecule has 1 spiro atoms. The van der Waals surface area contributed by atoms with Crippen LogP contribution in [0.2, 0.25) is 0 Å². The van der Waals surface area contributed by atoms with Crippen LogP contribution in [-0.4, -0.2) is 40.9 Å². The Kier molecular flexibility index (Phi) is 3.39. The maximum absolute atomic E-state index is 4.36. The summed E-state index contributed by atoms with van der Waals surface area (Å²) >= 11 is 0. The van der Waals surface area contributed by atoms with Crippen molar-refractivity contribution in [1.82, 2.24) is 20.0 Å². The molecule has 18 heavy (non-hydrogen) atoms. The van der Waals surface area contributed by atoms with E-state index in [9.17, 15) is 0 Å². The molecule has 100 valence electrons. The second kappa shape index (κ2) is 5.02. The topological polar surface area (TPSA) is 33.1 Å². The molecule has 2 fully saturated rings. The second-order valence-corrected chi connectivity index (χ2v) is 5.91. The molecule has 4 nitrogen and oxygen atoms in total. The molecule has 0 aliphatic carbocycles. The fourth-order valence-corrected chi connectivity index (χ4v) is 3.45. The van der Waals surface area contributed by atoms with Gasteiger partial charge in [0.25, 0.3) is 0 Å². The van der Waals surface area contributed by atoms with E-state index in [1.807, 2.05) is 10.9 Å². The van der Waals surface area contributed by atoms with Gasteiger partial charge in [0.1, 0.15) is 0 Å². The van der Waals surface area contributed by atoms with Crippen molar-refractivity contribution in [1.29, 1.82) is 0 Å². The first-order chi connectivity index (χ1) is 8.80. The Bertz CT molecular complexity index is 392. The number of aryl methyl sites for hydroxylation is 1. The lowest BCUT2D eigenvalue weighted by molar-refractivity contribution is 0.194. The van der Waals surface area contributed by atoms with Crippen molar-refractivity contribution >= 4 is 0 Å². The summed E-state index contributed by atoms with van der Waals surface area (Å²) in [6.45, 7) is 9.15. The van der Waals surface area contributed by atoms with Crippen molar-refractivity contribution in [3.8, 4) is 0 Å². The first-order valence-electron chi connectivity index (χ1n) is 7.24. The molecule has 0 bridgehead atoms. The normalized spacial score (nSPS) is 23.8. The molecule has 0 amide bonds. The quantitative estimate of drug-likeness (QED) is 0.879. The van der Waals surface area contributed by atoms with Crippen molar-refractivity contribution in [3.05, 3.63) is 18.0 Å². The number of hydrogen-bond acceptors (Lipinski definition) is 3. The van der Waals surface area contributed by atoms with Gasteiger partial charge in [-0.1, -0.05) is 0 Å². The molecule has 2 saturated heterocycles. The van der Waals surface area contributed by atoms with Crippen molar-refractivity contribution in [2.24, 2.45) is 5.41 Å². The van der Waals surface area contributed by atoms with Gasteiger partial charge in [-0.15, -0.1) is 0 Å². The predicted molar refractivity (Wildman–Crippen MR) is 72.3 cm³/mol. The van der Waals surface area contributed by atoms with Crippen molar-refractivity contribution in [3.63, 3.8) is 0 Å². The van der Waals surface area contributed by atoms with E-state index in [1.165, 1.54) is 51.0 Å². The molecule has 0 atom stereocenters. The predicted octanol–water partition coefficient (Wildman–Crippen LogP) is 1.48. The van der Waals surface area contributed by atoms with Crippen LogP contribution in [0, 0.1) is 5.41 Å². The summed E-state index contributed by atoms with van der Waals surface area (Å²) in [7, 11) is 0. The summed E-state index contributed by atoms with van der Waals surface area (Å²) in [6.07, 6.45) is 8.32. The summed E-state index contributed by atoms with van der Waals surface area (Å²) in [5.74, 6) is 0. The van der Waals surface area contributed by atoms with Gasteiger partial charge in [-0.2, -0.15) is 5.10 Å². The minimum absolute atomic E-state index is 0.617. The fraction of sp³-hybridized carbons (Fsp3) is 0.786. The number of hydrogen-bond donors (Lipinski definition) is 1. The summed E-state index contributed by atoms with van der Waals surface area (Å²) in [5.41, 5.74) is 1.98. The molecule has 4 heteroatoms. The summed E-state index contributed by atoms with van der Waals surface area (Å²) in [5, 5.41) is 7.84. The summed E-state index contributed by atoms with van der Waals surface area (Å²) in [6, 6.07) is 0. The van der Waals surface area contributed by atoms with E-state index >= 15 is 0 Å². The van der Waals surface area contributed by atoms with E-state index in [2.05, 4.69) is 28.4 Å². The Morgan fingerprint density at radius 1 is 1.33 bits per heavy atom. The highest BCUT2D eigenvalue weighted by atomic mass is 15.3. The largest absolute Gasteiger partial charge is 0.317 e. The van der Waals surface area contributed by atoms with Crippen LogP contribution in [0.25, 0.3) is 0 Å². The van der Waals surface area contributed by atoms with E-state index in [1.54, 1.807) is 0 Å². The van der Waals surface area contributed by atoms with Crippen molar-refractivity contribution < 1.29 is 0 Å². The van der Waals surface area contributed by atoms with E-state index in [0.29, 0.717) is 5.41 Å². The molecule has 0 unspecified atom stereocenters. The van der Waals surface area contributed by atoms with Crippen LogP contribution in [0.4, 0.5) is 0 Å². The third kappa shape index (κ3) is 2.45. The van der Waals surface area contributed by atoms with Crippen LogP contribution in [-0.2, 0) is 13.1 Å². The smallest absolute Gasteiger partial charge is 0.0534 e. The molecule has 0 saturated carbocycles. The third-order valence-corrected chi connectivity index (χ3v) is 4.60. The zero-order valence-electron chi connectivity index (χ0n) is 11.4. The van der Waals surface area contributed by atoms with Crippen LogP contribution in [0.3, 0.4) is 0 Å². The minimum Gasteiger partial charge on any atom is -0.317 e. The van der Waals surface area contributed by atoms with Gasteiger partial charge >= 0.3 is 0 Å². The molecule has 2 aliphatic heterocycles. The zero-order chi connectivity index (χ0) is 12.4. The number of nitrogens with one attached hydrogen (secondary N) is 1. The molecule has 2 aliphatic rings. The minimum atomic E-state index is 0.617. The number of likely N-dealkylation sites (tertiary alicyclic amines) is 1.